The number of hydrazone groups is 1. The van der Waals surface area contributed by atoms with Crippen LogP contribution in [0.5, 0.6) is 17.2 Å². The van der Waals surface area contributed by atoms with Crippen LogP contribution in [0, 0.1) is 0 Å². The second kappa shape index (κ2) is 10.8. The monoisotopic (exact) mass is 440 g/mol. The molecule has 4 aromatic carbocycles. The van der Waals surface area contributed by atoms with Gasteiger partial charge in [0, 0.05) is 5.56 Å². The molecule has 0 aromatic heterocycles. The van der Waals surface area contributed by atoms with Gasteiger partial charge < -0.3 is 14.2 Å². The molecule has 0 bridgehead atoms. The number of amides is 1. The fourth-order valence-electron chi connectivity index (χ4n) is 3.25. The molecule has 33 heavy (non-hydrogen) atoms. The van der Waals surface area contributed by atoms with E-state index < -0.39 is 0 Å². The van der Waals surface area contributed by atoms with Crippen LogP contribution in [0.4, 0.5) is 0 Å². The molecule has 1 N–H and O–H groups in total. The predicted octanol–water partition coefficient (Wildman–Crippen LogP) is 4.96. The van der Waals surface area contributed by atoms with E-state index in [0.29, 0.717) is 18.1 Å². The number of carbonyl (C=O) groups is 1. The third kappa shape index (κ3) is 6.11. The average Bonchev–Trinajstić information content (AvgIpc) is 2.87. The average molecular weight is 440 g/mol. The Morgan fingerprint density at radius 2 is 1.67 bits per heavy atom. The summed E-state index contributed by atoms with van der Waals surface area (Å²) in [5.74, 6) is 1.71. The number of nitrogens with zero attached hydrogens (tertiary/aromatic N) is 1. The van der Waals surface area contributed by atoms with Crippen molar-refractivity contribution in [1.29, 1.82) is 0 Å². The maximum absolute atomic E-state index is 12.1. The lowest BCUT2D eigenvalue weighted by molar-refractivity contribution is -0.123. The Balaban J connectivity index is 1.30. The van der Waals surface area contributed by atoms with Gasteiger partial charge in [-0.25, -0.2) is 5.43 Å². The molecular weight excluding hydrogens is 416 g/mol. The van der Waals surface area contributed by atoms with Gasteiger partial charge in [0.2, 0.25) is 0 Å². The number of nitrogens with one attached hydrogen (secondary N) is 1. The second-order valence-electron chi connectivity index (χ2n) is 7.27. The normalized spacial score (nSPS) is 10.8. The summed E-state index contributed by atoms with van der Waals surface area (Å²) in [4.78, 5) is 12.1. The smallest absolute Gasteiger partial charge is 0.277 e. The molecular formula is C27H24N2O4. The minimum atomic E-state index is -0.353. The van der Waals surface area contributed by atoms with Gasteiger partial charge in [-0.15, -0.1) is 0 Å². The summed E-state index contributed by atoms with van der Waals surface area (Å²) in [5.41, 5.74) is 4.22. The van der Waals surface area contributed by atoms with Crippen molar-refractivity contribution in [1.82, 2.24) is 5.43 Å². The Morgan fingerprint density at radius 1 is 0.848 bits per heavy atom. The van der Waals surface area contributed by atoms with E-state index in [1.807, 2.05) is 91.0 Å². The van der Waals surface area contributed by atoms with Crippen molar-refractivity contribution in [2.24, 2.45) is 5.10 Å². The number of hydrogen-bond acceptors (Lipinski definition) is 5. The summed E-state index contributed by atoms with van der Waals surface area (Å²) < 4.78 is 16.8. The van der Waals surface area contributed by atoms with Crippen LogP contribution in [0.3, 0.4) is 0 Å². The molecule has 0 aliphatic heterocycles. The molecule has 0 aliphatic carbocycles. The van der Waals surface area contributed by atoms with Gasteiger partial charge in [-0.3, -0.25) is 4.79 Å². The van der Waals surface area contributed by atoms with E-state index in [2.05, 4.69) is 10.5 Å². The lowest BCUT2D eigenvalue weighted by Gasteiger charge is -2.10. The van der Waals surface area contributed by atoms with Crippen LogP contribution in [0.15, 0.2) is 96.1 Å². The first-order valence-corrected chi connectivity index (χ1v) is 10.5. The maximum atomic E-state index is 12.1. The minimum Gasteiger partial charge on any atom is -0.497 e. The van der Waals surface area contributed by atoms with Gasteiger partial charge in [-0.1, -0.05) is 54.6 Å². The Morgan fingerprint density at radius 3 is 2.55 bits per heavy atom. The van der Waals surface area contributed by atoms with E-state index in [1.54, 1.807) is 13.3 Å². The van der Waals surface area contributed by atoms with Crippen molar-refractivity contribution in [3.05, 3.63) is 102 Å². The van der Waals surface area contributed by atoms with Crippen molar-refractivity contribution in [3.8, 4) is 17.2 Å². The second-order valence-corrected chi connectivity index (χ2v) is 7.27. The zero-order valence-electron chi connectivity index (χ0n) is 18.2. The van der Waals surface area contributed by atoms with Crippen molar-refractivity contribution < 1.29 is 19.0 Å². The van der Waals surface area contributed by atoms with Crippen LogP contribution in [0.2, 0.25) is 0 Å². The standard InChI is InChI=1S/C27H24N2O4/c1-31-24-11-6-7-20(15-24)18-33-26-12-5-4-10-23(26)17-28-29-27(30)19-32-25-14-13-21-8-2-3-9-22(21)16-25/h2-17H,18-19H2,1H3,(H,29,30)/b28-17-. The molecule has 4 aromatic rings. The van der Waals surface area contributed by atoms with Gasteiger partial charge in [-0.2, -0.15) is 5.10 Å². The fraction of sp³-hybridized carbons (Fsp3) is 0.111. The number of fused-ring (bicyclic) bond motifs is 1. The highest BCUT2D eigenvalue weighted by molar-refractivity contribution is 5.86. The first kappa shape index (κ1) is 21.9. The third-order valence-electron chi connectivity index (χ3n) is 4.93. The zero-order valence-corrected chi connectivity index (χ0v) is 18.2. The number of ether oxygens (including phenoxy) is 3. The fourth-order valence-corrected chi connectivity index (χ4v) is 3.25. The SMILES string of the molecule is COc1cccc(COc2ccccc2/C=N\NC(=O)COc2ccc3ccccc3c2)c1. The lowest BCUT2D eigenvalue weighted by atomic mass is 10.1. The van der Waals surface area contributed by atoms with Crippen molar-refractivity contribution in [2.75, 3.05) is 13.7 Å². The first-order chi connectivity index (χ1) is 16.2. The van der Waals surface area contributed by atoms with Crippen molar-refractivity contribution >= 4 is 22.9 Å². The van der Waals surface area contributed by atoms with Gasteiger partial charge in [-0.05, 0) is 52.7 Å². The molecule has 166 valence electrons. The molecule has 0 heterocycles. The number of para-hydroxylation sites is 1. The highest BCUT2D eigenvalue weighted by Gasteiger charge is 2.05. The highest BCUT2D eigenvalue weighted by Crippen LogP contribution is 2.21. The maximum Gasteiger partial charge on any atom is 0.277 e. The number of rotatable bonds is 9. The van der Waals surface area contributed by atoms with Crippen LogP contribution < -0.4 is 19.6 Å². The number of benzene rings is 4. The number of hydrogen-bond donors (Lipinski definition) is 1. The van der Waals surface area contributed by atoms with E-state index in [-0.39, 0.29) is 12.5 Å². The molecule has 6 nitrogen and oxygen atoms in total. The van der Waals surface area contributed by atoms with Gasteiger partial charge in [0.1, 0.15) is 23.9 Å². The summed E-state index contributed by atoms with van der Waals surface area (Å²) in [5, 5.41) is 6.21. The van der Waals surface area contributed by atoms with Crippen LogP contribution in [0.25, 0.3) is 10.8 Å². The quantitative estimate of drug-likeness (QED) is 0.295. The Bertz CT molecular complexity index is 1270. The lowest BCUT2D eigenvalue weighted by Crippen LogP contribution is -2.24. The van der Waals surface area contributed by atoms with Gasteiger partial charge in [0.25, 0.3) is 5.91 Å². The Hall–Kier alpha value is -4.32. The summed E-state index contributed by atoms with van der Waals surface area (Å²) in [6, 6.07) is 28.9. The Kier molecular flexibility index (Phi) is 7.18. The molecule has 0 atom stereocenters. The van der Waals surface area contributed by atoms with E-state index in [4.69, 9.17) is 14.2 Å². The molecule has 1 amide bonds. The van der Waals surface area contributed by atoms with Gasteiger partial charge >= 0.3 is 0 Å². The zero-order chi connectivity index (χ0) is 22.9. The van der Waals surface area contributed by atoms with E-state index in [1.165, 1.54) is 0 Å². The molecule has 0 saturated heterocycles. The summed E-state index contributed by atoms with van der Waals surface area (Å²) >= 11 is 0. The summed E-state index contributed by atoms with van der Waals surface area (Å²) in [6.07, 6.45) is 1.55. The predicted molar refractivity (Wildman–Crippen MR) is 129 cm³/mol. The topological polar surface area (TPSA) is 69.2 Å². The largest absolute Gasteiger partial charge is 0.497 e. The molecule has 0 spiro atoms. The summed E-state index contributed by atoms with van der Waals surface area (Å²) in [7, 11) is 1.63. The number of carbonyl (C=O) groups excluding carboxylic acids is 1. The highest BCUT2D eigenvalue weighted by atomic mass is 16.5. The van der Waals surface area contributed by atoms with Crippen LogP contribution in [-0.2, 0) is 11.4 Å². The molecule has 0 unspecified atom stereocenters. The first-order valence-electron chi connectivity index (χ1n) is 10.5. The third-order valence-corrected chi connectivity index (χ3v) is 4.93. The molecule has 6 heteroatoms. The van der Waals surface area contributed by atoms with Crippen LogP contribution in [0.1, 0.15) is 11.1 Å². The Labute approximate surface area is 192 Å². The van der Waals surface area contributed by atoms with E-state index in [9.17, 15) is 4.79 Å². The van der Waals surface area contributed by atoms with Gasteiger partial charge in [0.15, 0.2) is 6.61 Å². The summed E-state index contributed by atoms with van der Waals surface area (Å²) in [6.45, 7) is 0.248. The molecule has 0 radical (unpaired) electrons. The minimum absolute atomic E-state index is 0.135. The van der Waals surface area contributed by atoms with E-state index in [0.717, 1.165) is 27.6 Å². The molecule has 0 saturated carbocycles. The van der Waals surface area contributed by atoms with Crippen LogP contribution >= 0.6 is 0 Å². The molecule has 0 fully saturated rings. The van der Waals surface area contributed by atoms with Gasteiger partial charge in [0.05, 0.1) is 13.3 Å². The number of methoxy groups -OCH3 is 1. The van der Waals surface area contributed by atoms with Crippen LogP contribution in [-0.4, -0.2) is 25.8 Å². The van der Waals surface area contributed by atoms with Crippen molar-refractivity contribution in [2.45, 2.75) is 6.61 Å². The molecule has 4 rings (SSSR count). The molecule has 0 aliphatic rings. The van der Waals surface area contributed by atoms with E-state index >= 15 is 0 Å². The van der Waals surface area contributed by atoms with Crippen molar-refractivity contribution in [3.63, 3.8) is 0 Å².